The van der Waals surface area contributed by atoms with Gasteiger partial charge in [0.1, 0.15) is 5.82 Å². The third-order valence-corrected chi connectivity index (χ3v) is 5.55. The highest BCUT2D eigenvalue weighted by Crippen LogP contribution is 2.25. The van der Waals surface area contributed by atoms with Gasteiger partial charge in [0.2, 0.25) is 0 Å². The number of hydrogen-bond acceptors (Lipinski definition) is 5. The molecule has 8 nitrogen and oxygen atoms in total. The number of amides is 2. The van der Waals surface area contributed by atoms with Gasteiger partial charge in [-0.25, -0.2) is 9.78 Å². The van der Waals surface area contributed by atoms with Gasteiger partial charge in [0.15, 0.2) is 5.82 Å². The molecule has 8 heteroatoms. The Morgan fingerprint density at radius 2 is 2.12 bits per heavy atom. The lowest BCUT2D eigenvalue weighted by Gasteiger charge is -2.32. The van der Waals surface area contributed by atoms with Gasteiger partial charge < -0.3 is 20.2 Å². The number of nitrogens with zero attached hydrogens (tertiary/aromatic N) is 4. The number of carbonyl (C=O) groups excluding carboxylic acids is 1. The van der Waals surface area contributed by atoms with Crippen molar-refractivity contribution >= 4 is 6.03 Å². The number of rotatable bonds is 6. The number of aromatic nitrogens is 3. The first-order valence-corrected chi connectivity index (χ1v) is 9.90. The molecule has 1 aromatic rings. The number of aromatic amines is 1. The molecule has 0 bridgehead atoms. The van der Waals surface area contributed by atoms with E-state index in [-0.39, 0.29) is 12.6 Å². The van der Waals surface area contributed by atoms with Gasteiger partial charge in [-0.05, 0) is 58.0 Å². The highest BCUT2D eigenvalue weighted by atomic mass is 16.3. The van der Waals surface area contributed by atoms with E-state index in [2.05, 4.69) is 25.4 Å². The Morgan fingerprint density at radius 1 is 1.31 bits per heavy atom. The maximum atomic E-state index is 12.3. The van der Waals surface area contributed by atoms with Crippen LogP contribution in [0.2, 0.25) is 0 Å². The first-order chi connectivity index (χ1) is 12.7. The summed E-state index contributed by atoms with van der Waals surface area (Å²) < 4.78 is 0. The van der Waals surface area contributed by atoms with Gasteiger partial charge in [-0.1, -0.05) is 0 Å². The van der Waals surface area contributed by atoms with Gasteiger partial charge in [0.25, 0.3) is 0 Å². The second kappa shape index (κ2) is 9.32. The summed E-state index contributed by atoms with van der Waals surface area (Å²) in [7, 11) is 0. The third kappa shape index (κ3) is 5.17. The van der Waals surface area contributed by atoms with Crippen LogP contribution < -0.4 is 5.32 Å². The quantitative estimate of drug-likeness (QED) is 0.657. The van der Waals surface area contributed by atoms with Crippen molar-refractivity contribution in [1.29, 1.82) is 0 Å². The summed E-state index contributed by atoms with van der Waals surface area (Å²) in [5.41, 5.74) is 0. The molecule has 0 aromatic carbocycles. The Hall–Kier alpha value is -1.67. The molecule has 2 saturated heterocycles. The molecule has 0 saturated carbocycles. The van der Waals surface area contributed by atoms with Crippen molar-refractivity contribution in [2.75, 3.05) is 45.9 Å². The molecule has 2 aliphatic heterocycles. The Kier molecular flexibility index (Phi) is 6.85. The standard InChI is InChI=1S/C18H32N6O2/c1-14-20-17(22-21-14)16-5-10-24(11-6-16)18(26)19-7-3-9-23-8-2-4-15(12-23)13-25/h15-16,25H,2-13H2,1H3,(H,19,26)(H,20,21,22)/t15-/m0/s1. The van der Waals surface area contributed by atoms with Crippen molar-refractivity contribution in [2.24, 2.45) is 5.92 Å². The van der Waals surface area contributed by atoms with E-state index in [1.807, 2.05) is 11.8 Å². The van der Waals surface area contributed by atoms with Gasteiger partial charge in [-0.3, -0.25) is 5.10 Å². The van der Waals surface area contributed by atoms with Crippen LogP contribution in [0.25, 0.3) is 0 Å². The van der Waals surface area contributed by atoms with Gasteiger partial charge in [0.05, 0.1) is 0 Å². The third-order valence-electron chi connectivity index (χ3n) is 5.55. The SMILES string of the molecule is Cc1nc(C2CCN(C(=O)NCCCN3CCC[C@H](CO)C3)CC2)n[nH]1. The van der Waals surface area contributed by atoms with Crippen molar-refractivity contribution in [3.05, 3.63) is 11.6 Å². The molecular weight excluding hydrogens is 332 g/mol. The summed E-state index contributed by atoms with van der Waals surface area (Å²) in [5.74, 6) is 2.50. The van der Waals surface area contributed by atoms with E-state index in [0.29, 0.717) is 18.4 Å². The average molecular weight is 364 g/mol. The number of hydrogen-bond donors (Lipinski definition) is 3. The number of piperidine rings is 2. The van der Waals surface area contributed by atoms with Crippen LogP contribution in [-0.4, -0.2) is 82.0 Å². The second-order valence-corrected chi connectivity index (χ2v) is 7.62. The molecule has 1 atom stereocenters. The summed E-state index contributed by atoms with van der Waals surface area (Å²) in [6.07, 6.45) is 5.09. The molecule has 0 spiro atoms. The summed E-state index contributed by atoms with van der Waals surface area (Å²) in [4.78, 5) is 21.0. The number of carbonyl (C=O) groups is 1. The van der Waals surface area contributed by atoms with Crippen LogP contribution in [0, 0.1) is 12.8 Å². The lowest BCUT2D eigenvalue weighted by atomic mass is 9.96. The topological polar surface area (TPSA) is 97.4 Å². The zero-order valence-corrected chi connectivity index (χ0v) is 15.8. The number of H-pyrrole nitrogens is 1. The first-order valence-electron chi connectivity index (χ1n) is 9.90. The lowest BCUT2D eigenvalue weighted by molar-refractivity contribution is 0.119. The Balaban J connectivity index is 1.31. The molecular formula is C18H32N6O2. The van der Waals surface area contributed by atoms with Crippen LogP contribution in [0.3, 0.4) is 0 Å². The smallest absolute Gasteiger partial charge is 0.317 e. The highest BCUT2D eigenvalue weighted by molar-refractivity contribution is 5.74. The fraction of sp³-hybridized carbons (Fsp3) is 0.833. The molecule has 3 N–H and O–H groups in total. The van der Waals surface area contributed by atoms with E-state index in [1.54, 1.807) is 0 Å². The molecule has 2 amide bonds. The lowest BCUT2D eigenvalue weighted by Crippen LogP contribution is -2.45. The van der Waals surface area contributed by atoms with E-state index in [0.717, 1.165) is 76.5 Å². The minimum absolute atomic E-state index is 0.0431. The van der Waals surface area contributed by atoms with E-state index in [4.69, 9.17) is 0 Å². The number of aliphatic hydroxyl groups is 1. The van der Waals surface area contributed by atoms with Crippen LogP contribution in [0.4, 0.5) is 4.79 Å². The Bertz CT molecular complexity index is 570. The predicted octanol–water partition coefficient (Wildman–Crippen LogP) is 1.10. The molecule has 2 fully saturated rings. The molecule has 3 heterocycles. The molecule has 2 aliphatic rings. The summed E-state index contributed by atoms with van der Waals surface area (Å²) in [6.45, 7) is 7.51. The van der Waals surface area contributed by atoms with Crippen molar-refractivity contribution < 1.29 is 9.90 Å². The molecule has 0 unspecified atom stereocenters. The monoisotopic (exact) mass is 364 g/mol. The molecule has 0 aliphatic carbocycles. The highest BCUT2D eigenvalue weighted by Gasteiger charge is 2.26. The minimum atomic E-state index is 0.0431. The van der Waals surface area contributed by atoms with E-state index in [1.165, 1.54) is 0 Å². The second-order valence-electron chi connectivity index (χ2n) is 7.62. The van der Waals surface area contributed by atoms with Crippen molar-refractivity contribution in [1.82, 2.24) is 30.3 Å². The zero-order chi connectivity index (χ0) is 18.4. The molecule has 26 heavy (non-hydrogen) atoms. The van der Waals surface area contributed by atoms with Gasteiger partial charge in [-0.2, -0.15) is 5.10 Å². The maximum Gasteiger partial charge on any atom is 0.317 e. The van der Waals surface area contributed by atoms with Gasteiger partial charge in [-0.15, -0.1) is 0 Å². The molecule has 1 aromatic heterocycles. The Morgan fingerprint density at radius 3 is 2.81 bits per heavy atom. The number of aryl methyl sites for hydroxylation is 1. The number of urea groups is 1. The van der Waals surface area contributed by atoms with Crippen LogP contribution in [0.5, 0.6) is 0 Å². The zero-order valence-electron chi connectivity index (χ0n) is 15.8. The van der Waals surface area contributed by atoms with Crippen molar-refractivity contribution in [2.45, 2.75) is 44.9 Å². The van der Waals surface area contributed by atoms with Crippen LogP contribution in [0.1, 0.15) is 49.7 Å². The van der Waals surface area contributed by atoms with E-state index >= 15 is 0 Å². The normalized spacial score (nSPS) is 22.5. The summed E-state index contributed by atoms with van der Waals surface area (Å²) >= 11 is 0. The minimum Gasteiger partial charge on any atom is -0.396 e. The first kappa shape index (κ1) is 19.1. The largest absolute Gasteiger partial charge is 0.396 e. The fourth-order valence-electron chi connectivity index (χ4n) is 4.00. The molecule has 146 valence electrons. The van der Waals surface area contributed by atoms with Crippen molar-refractivity contribution in [3.8, 4) is 0 Å². The van der Waals surface area contributed by atoms with Crippen LogP contribution in [-0.2, 0) is 0 Å². The average Bonchev–Trinajstić information content (AvgIpc) is 3.12. The van der Waals surface area contributed by atoms with Crippen molar-refractivity contribution in [3.63, 3.8) is 0 Å². The number of aliphatic hydroxyl groups excluding tert-OH is 1. The fourth-order valence-corrected chi connectivity index (χ4v) is 4.00. The van der Waals surface area contributed by atoms with E-state index in [9.17, 15) is 9.90 Å². The predicted molar refractivity (Wildman–Crippen MR) is 98.9 cm³/mol. The van der Waals surface area contributed by atoms with Gasteiger partial charge in [0, 0.05) is 38.7 Å². The molecule has 0 radical (unpaired) electrons. The van der Waals surface area contributed by atoms with Crippen LogP contribution in [0.15, 0.2) is 0 Å². The molecule has 3 rings (SSSR count). The van der Waals surface area contributed by atoms with E-state index < -0.39 is 0 Å². The van der Waals surface area contributed by atoms with Gasteiger partial charge >= 0.3 is 6.03 Å². The number of likely N-dealkylation sites (tertiary alicyclic amines) is 2. The van der Waals surface area contributed by atoms with Crippen LogP contribution >= 0.6 is 0 Å². The summed E-state index contributed by atoms with van der Waals surface area (Å²) in [6, 6.07) is 0.0431. The summed E-state index contributed by atoms with van der Waals surface area (Å²) in [5, 5.41) is 19.5. The number of nitrogens with one attached hydrogen (secondary N) is 2. The maximum absolute atomic E-state index is 12.3. The Labute approximate surface area is 155 Å².